The van der Waals surface area contributed by atoms with Gasteiger partial charge in [0.15, 0.2) is 0 Å². The van der Waals surface area contributed by atoms with Crippen molar-refractivity contribution in [3.05, 3.63) is 41.6 Å². The van der Waals surface area contributed by atoms with E-state index in [4.69, 9.17) is 4.42 Å². The van der Waals surface area contributed by atoms with Gasteiger partial charge >= 0.3 is 5.97 Å². The Morgan fingerprint density at radius 3 is 3.00 bits per heavy atom. The van der Waals surface area contributed by atoms with Crippen molar-refractivity contribution in [3.63, 3.8) is 0 Å². The van der Waals surface area contributed by atoms with Crippen molar-refractivity contribution < 1.29 is 14.3 Å². The van der Waals surface area contributed by atoms with Crippen molar-refractivity contribution in [2.24, 2.45) is 0 Å². The van der Waals surface area contributed by atoms with E-state index in [0.29, 0.717) is 22.7 Å². The van der Waals surface area contributed by atoms with Crippen LogP contribution in [0.4, 0.5) is 0 Å². The quantitative estimate of drug-likeness (QED) is 0.764. The monoisotopic (exact) mass is 258 g/mol. The summed E-state index contributed by atoms with van der Waals surface area (Å²) in [5.41, 5.74) is 1.15. The number of rotatable bonds is 3. The Labute approximate surface area is 107 Å². The Hall–Kier alpha value is -2.70. The number of hydrogen-bond acceptors (Lipinski definition) is 5. The fraction of sp³-hybridized carbons (Fsp3) is 0.167. The molecule has 0 atom stereocenters. The van der Waals surface area contributed by atoms with Crippen LogP contribution >= 0.6 is 0 Å². The lowest BCUT2D eigenvalue weighted by Gasteiger charge is -2.01. The summed E-state index contributed by atoms with van der Waals surface area (Å²) in [6, 6.07) is 4.87. The van der Waals surface area contributed by atoms with Crippen molar-refractivity contribution in [2.45, 2.75) is 13.5 Å². The van der Waals surface area contributed by atoms with E-state index in [2.05, 4.69) is 15.3 Å². The van der Waals surface area contributed by atoms with E-state index in [0.717, 1.165) is 0 Å². The van der Waals surface area contributed by atoms with Crippen LogP contribution in [0.1, 0.15) is 22.0 Å². The Balaban J connectivity index is 2.11. The Morgan fingerprint density at radius 2 is 2.32 bits per heavy atom. The smallest absolute Gasteiger partial charge is 0.337 e. The maximum atomic E-state index is 11.2. The van der Waals surface area contributed by atoms with E-state index in [9.17, 15) is 9.90 Å². The fourth-order valence-corrected chi connectivity index (χ4v) is 1.92. The third kappa shape index (κ3) is 1.95. The topological polar surface area (TPSA) is 94.0 Å². The van der Waals surface area contributed by atoms with Crippen LogP contribution in [0.15, 0.2) is 28.8 Å². The van der Waals surface area contributed by atoms with Crippen LogP contribution in [0.5, 0.6) is 0 Å². The molecular formula is C12H10N4O3. The first-order valence-electron chi connectivity index (χ1n) is 5.62. The first-order chi connectivity index (χ1) is 9.15. The molecule has 1 N–H and O–H groups in total. The number of aryl methyl sites for hydroxylation is 1. The third-order valence-electron chi connectivity index (χ3n) is 2.72. The Morgan fingerprint density at radius 1 is 1.47 bits per heavy atom. The molecule has 0 aliphatic carbocycles. The molecule has 0 amide bonds. The van der Waals surface area contributed by atoms with Crippen LogP contribution in [-0.4, -0.2) is 31.1 Å². The lowest BCUT2D eigenvalue weighted by molar-refractivity contribution is 0.0698. The molecule has 3 aromatic rings. The number of carboxylic acid groups (broad SMARTS) is 1. The van der Waals surface area contributed by atoms with Gasteiger partial charge in [0.2, 0.25) is 5.89 Å². The van der Waals surface area contributed by atoms with Crippen LogP contribution in [0.2, 0.25) is 0 Å². The number of carbonyl (C=O) groups is 1. The fourth-order valence-electron chi connectivity index (χ4n) is 1.92. The highest BCUT2D eigenvalue weighted by atomic mass is 16.4. The summed E-state index contributed by atoms with van der Waals surface area (Å²) in [6.45, 7) is 2.03. The Bertz CT molecular complexity index is 759. The molecule has 0 spiro atoms. The number of nitrogens with zero attached hydrogens (tertiary/aromatic N) is 4. The van der Waals surface area contributed by atoms with Gasteiger partial charge in [-0.15, -0.1) is 5.10 Å². The van der Waals surface area contributed by atoms with Crippen LogP contribution in [0.3, 0.4) is 0 Å². The van der Waals surface area contributed by atoms with Crippen LogP contribution in [-0.2, 0) is 6.54 Å². The summed E-state index contributed by atoms with van der Waals surface area (Å²) in [4.78, 5) is 15.3. The van der Waals surface area contributed by atoms with Crippen LogP contribution < -0.4 is 0 Å². The van der Waals surface area contributed by atoms with E-state index < -0.39 is 5.97 Å². The first-order valence-corrected chi connectivity index (χ1v) is 5.62. The van der Waals surface area contributed by atoms with Crippen molar-refractivity contribution in [1.82, 2.24) is 20.0 Å². The highest BCUT2D eigenvalue weighted by molar-refractivity contribution is 6.00. The predicted molar refractivity (Wildman–Crippen MR) is 64.8 cm³/mol. The SMILES string of the molecule is Cc1cnc(Cn2nnc3cccc(C(=O)O)c32)o1. The largest absolute Gasteiger partial charge is 0.478 e. The molecule has 19 heavy (non-hydrogen) atoms. The Kier molecular flexibility index (Phi) is 2.52. The summed E-state index contributed by atoms with van der Waals surface area (Å²) in [7, 11) is 0. The molecule has 2 heterocycles. The van der Waals surface area contributed by atoms with E-state index in [1.54, 1.807) is 25.3 Å². The first kappa shape index (κ1) is 11.4. The molecule has 96 valence electrons. The minimum absolute atomic E-state index is 0.158. The number of aromatic nitrogens is 4. The summed E-state index contributed by atoms with van der Waals surface area (Å²) in [6.07, 6.45) is 1.60. The highest BCUT2D eigenvalue weighted by Crippen LogP contribution is 2.17. The molecule has 7 nitrogen and oxygen atoms in total. The number of para-hydroxylation sites is 1. The number of carboxylic acids is 1. The lowest BCUT2D eigenvalue weighted by Crippen LogP contribution is -2.06. The van der Waals surface area contributed by atoms with E-state index in [1.807, 2.05) is 0 Å². The molecule has 1 aromatic carbocycles. The van der Waals surface area contributed by atoms with Gasteiger partial charge in [0.1, 0.15) is 23.3 Å². The molecule has 0 aliphatic heterocycles. The molecule has 7 heteroatoms. The molecule has 0 fully saturated rings. The van der Waals surface area contributed by atoms with Crippen molar-refractivity contribution in [2.75, 3.05) is 0 Å². The standard InChI is InChI=1S/C12H10N4O3/c1-7-5-13-10(19-7)6-16-11-8(12(17)18)3-2-4-9(11)14-15-16/h2-5H,6H2,1H3,(H,17,18). The average molecular weight is 258 g/mol. The number of aromatic carboxylic acids is 1. The van der Waals surface area contributed by atoms with Crippen molar-refractivity contribution in [1.29, 1.82) is 0 Å². The zero-order chi connectivity index (χ0) is 13.4. The number of hydrogen-bond donors (Lipinski definition) is 1. The molecule has 2 aromatic heterocycles. The zero-order valence-corrected chi connectivity index (χ0v) is 10.1. The second-order valence-corrected chi connectivity index (χ2v) is 4.09. The molecule has 0 radical (unpaired) electrons. The van der Waals surface area contributed by atoms with Gasteiger partial charge in [-0.2, -0.15) is 0 Å². The van der Waals surface area contributed by atoms with Gasteiger partial charge in [-0.3, -0.25) is 0 Å². The predicted octanol–water partition coefficient (Wildman–Crippen LogP) is 1.47. The normalized spacial score (nSPS) is 11.0. The van der Waals surface area contributed by atoms with Gasteiger partial charge in [-0.25, -0.2) is 14.5 Å². The number of oxazole rings is 1. The molecule has 0 bridgehead atoms. The zero-order valence-electron chi connectivity index (χ0n) is 10.1. The minimum atomic E-state index is -1.02. The summed E-state index contributed by atoms with van der Waals surface area (Å²) >= 11 is 0. The van der Waals surface area contributed by atoms with Gasteiger partial charge in [0.05, 0.1) is 11.8 Å². The maximum Gasteiger partial charge on any atom is 0.337 e. The van der Waals surface area contributed by atoms with Crippen LogP contribution in [0.25, 0.3) is 11.0 Å². The van der Waals surface area contributed by atoms with Crippen molar-refractivity contribution in [3.8, 4) is 0 Å². The highest BCUT2D eigenvalue weighted by Gasteiger charge is 2.15. The molecule has 0 unspecified atom stereocenters. The van der Waals surface area contributed by atoms with Gasteiger partial charge in [0, 0.05) is 0 Å². The molecular weight excluding hydrogens is 248 g/mol. The van der Waals surface area contributed by atoms with Gasteiger partial charge in [-0.05, 0) is 19.1 Å². The summed E-state index contributed by atoms with van der Waals surface area (Å²) in [5, 5.41) is 17.1. The maximum absolute atomic E-state index is 11.2. The van der Waals surface area contributed by atoms with E-state index >= 15 is 0 Å². The van der Waals surface area contributed by atoms with E-state index in [-0.39, 0.29) is 12.1 Å². The molecule has 0 saturated carbocycles. The molecule has 0 aliphatic rings. The second-order valence-electron chi connectivity index (χ2n) is 4.09. The third-order valence-corrected chi connectivity index (χ3v) is 2.72. The molecule has 0 saturated heterocycles. The second kappa shape index (κ2) is 4.20. The van der Waals surface area contributed by atoms with Gasteiger partial charge in [-0.1, -0.05) is 11.3 Å². The molecule has 3 rings (SSSR count). The van der Waals surface area contributed by atoms with Crippen LogP contribution in [0, 0.1) is 6.92 Å². The summed E-state index contributed by atoms with van der Waals surface area (Å²) < 4.78 is 6.84. The lowest BCUT2D eigenvalue weighted by atomic mass is 10.2. The number of fused-ring (bicyclic) bond motifs is 1. The minimum Gasteiger partial charge on any atom is -0.478 e. The number of benzene rings is 1. The van der Waals surface area contributed by atoms with Gasteiger partial charge in [0.25, 0.3) is 0 Å². The average Bonchev–Trinajstić information content (AvgIpc) is 2.97. The van der Waals surface area contributed by atoms with E-state index in [1.165, 1.54) is 10.7 Å². The summed E-state index contributed by atoms with van der Waals surface area (Å²) in [5.74, 6) is 0.139. The van der Waals surface area contributed by atoms with Gasteiger partial charge < -0.3 is 9.52 Å². The van der Waals surface area contributed by atoms with Crippen molar-refractivity contribution >= 4 is 17.0 Å².